The zero-order valence-corrected chi connectivity index (χ0v) is 12.3. The van der Waals surface area contributed by atoms with Crippen LogP contribution >= 0.6 is 0 Å². The molecular weight excluding hydrogens is 220 g/mol. The molecule has 0 fully saturated rings. The molecule has 2 aliphatic carbocycles. The Morgan fingerprint density at radius 2 is 1.89 bits per heavy atom. The van der Waals surface area contributed by atoms with Crippen molar-refractivity contribution >= 4 is 0 Å². The summed E-state index contributed by atoms with van der Waals surface area (Å²) in [6, 6.07) is 0. The lowest BCUT2D eigenvalue weighted by Crippen LogP contribution is -1.96. The highest BCUT2D eigenvalue weighted by Crippen LogP contribution is 2.14. The fourth-order valence-corrected chi connectivity index (χ4v) is 1.63. The van der Waals surface area contributed by atoms with Crippen molar-refractivity contribution in [3.63, 3.8) is 0 Å². The summed E-state index contributed by atoms with van der Waals surface area (Å²) in [4.78, 5) is 0. The summed E-state index contributed by atoms with van der Waals surface area (Å²) in [7, 11) is 0. The molecule has 0 saturated heterocycles. The second-order valence-electron chi connectivity index (χ2n) is 4.44. The molecule has 102 valence electrons. The SMILES string of the molecule is CC.CC1=CCCC=C1.CC1C=CC(CO)=CC1. The van der Waals surface area contributed by atoms with Crippen LogP contribution in [0, 0.1) is 5.92 Å². The Bertz CT molecular complexity index is 319. The molecule has 0 heterocycles. The molecule has 1 N–H and O–H groups in total. The lowest BCUT2D eigenvalue weighted by Gasteiger charge is -2.08. The lowest BCUT2D eigenvalue weighted by atomic mass is 9.99. The zero-order valence-electron chi connectivity index (χ0n) is 12.3. The second-order valence-corrected chi connectivity index (χ2v) is 4.44. The molecule has 0 amide bonds. The standard InChI is InChI=1S/C8H12O.C7H10.C2H6/c1-7-2-4-8(6-9)5-3-7;1-7-5-3-2-4-6-7;1-2/h2,4-5,7,9H,3,6H2,1H3;3,5-6H,2,4H2,1H3;1-2H3. The molecule has 1 heteroatoms. The average Bonchev–Trinajstić information content (AvgIpc) is 2.43. The Morgan fingerprint density at radius 1 is 1.17 bits per heavy atom. The first kappa shape index (κ1) is 16.9. The first-order valence-electron chi connectivity index (χ1n) is 7.03. The van der Waals surface area contributed by atoms with Gasteiger partial charge in [-0.15, -0.1) is 0 Å². The van der Waals surface area contributed by atoms with Gasteiger partial charge in [-0.1, -0.05) is 62.8 Å². The molecule has 0 spiro atoms. The number of aliphatic hydroxyl groups excluding tert-OH is 1. The molecule has 1 nitrogen and oxygen atoms in total. The van der Waals surface area contributed by atoms with Crippen LogP contribution in [0.4, 0.5) is 0 Å². The number of allylic oxidation sites excluding steroid dienone is 6. The van der Waals surface area contributed by atoms with Gasteiger partial charge in [-0.05, 0) is 37.7 Å². The van der Waals surface area contributed by atoms with Crippen LogP contribution in [-0.4, -0.2) is 11.7 Å². The van der Waals surface area contributed by atoms with Gasteiger partial charge in [-0.2, -0.15) is 0 Å². The van der Waals surface area contributed by atoms with Crippen LogP contribution in [0.3, 0.4) is 0 Å². The van der Waals surface area contributed by atoms with Crippen molar-refractivity contribution in [2.45, 2.75) is 47.0 Å². The Kier molecular flexibility index (Phi) is 10.4. The van der Waals surface area contributed by atoms with Gasteiger partial charge in [0.15, 0.2) is 0 Å². The maximum Gasteiger partial charge on any atom is 0.0678 e. The van der Waals surface area contributed by atoms with Gasteiger partial charge in [0.05, 0.1) is 6.61 Å². The van der Waals surface area contributed by atoms with E-state index in [0.29, 0.717) is 5.92 Å². The molecule has 0 saturated carbocycles. The third kappa shape index (κ3) is 8.08. The molecule has 0 aliphatic heterocycles. The first-order valence-corrected chi connectivity index (χ1v) is 7.03. The lowest BCUT2D eigenvalue weighted by molar-refractivity contribution is 0.333. The summed E-state index contributed by atoms with van der Waals surface area (Å²) in [6.45, 7) is 8.49. The molecule has 0 bridgehead atoms. The maximum atomic E-state index is 8.66. The van der Waals surface area contributed by atoms with Gasteiger partial charge in [0.2, 0.25) is 0 Å². The van der Waals surface area contributed by atoms with Crippen molar-refractivity contribution in [3.05, 3.63) is 47.6 Å². The van der Waals surface area contributed by atoms with Crippen LogP contribution in [-0.2, 0) is 0 Å². The highest BCUT2D eigenvalue weighted by molar-refractivity contribution is 5.23. The molecule has 18 heavy (non-hydrogen) atoms. The van der Waals surface area contributed by atoms with E-state index in [1.807, 2.05) is 19.9 Å². The van der Waals surface area contributed by atoms with Crippen LogP contribution in [0.15, 0.2) is 47.6 Å². The Morgan fingerprint density at radius 3 is 2.22 bits per heavy atom. The van der Waals surface area contributed by atoms with Crippen LogP contribution in [0.2, 0.25) is 0 Å². The molecule has 0 aromatic rings. The summed E-state index contributed by atoms with van der Waals surface area (Å²) in [5.41, 5.74) is 2.46. The van der Waals surface area contributed by atoms with Crippen LogP contribution in [0.5, 0.6) is 0 Å². The smallest absolute Gasteiger partial charge is 0.0678 e. The van der Waals surface area contributed by atoms with Gasteiger partial charge in [-0.25, -0.2) is 0 Å². The van der Waals surface area contributed by atoms with E-state index in [-0.39, 0.29) is 6.61 Å². The van der Waals surface area contributed by atoms with Gasteiger partial charge >= 0.3 is 0 Å². The van der Waals surface area contributed by atoms with Crippen molar-refractivity contribution in [1.29, 1.82) is 0 Å². The van der Waals surface area contributed by atoms with Gasteiger partial charge in [0.1, 0.15) is 0 Å². The minimum atomic E-state index is 0.184. The number of hydrogen-bond donors (Lipinski definition) is 1. The van der Waals surface area contributed by atoms with Gasteiger partial charge in [0.25, 0.3) is 0 Å². The molecular formula is C17H28O. The van der Waals surface area contributed by atoms with E-state index in [1.165, 1.54) is 18.4 Å². The second kappa shape index (κ2) is 11.0. The molecule has 1 atom stereocenters. The van der Waals surface area contributed by atoms with Gasteiger partial charge in [-0.3, -0.25) is 0 Å². The number of hydrogen-bond acceptors (Lipinski definition) is 1. The summed E-state index contributed by atoms with van der Waals surface area (Å²) in [5.74, 6) is 0.653. The molecule has 1 unspecified atom stereocenters. The van der Waals surface area contributed by atoms with Crippen molar-refractivity contribution in [3.8, 4) is 0 Å². The van der Waals surface area contributed by atoms with Crippen molar-refractivity contribution < 1.29 is 5.11 Å². The highest BCUT2D eigenvalue weighted by Gasteiger charge is 2.00. The van der Waals surface area contributed by atoms with Gasteiger partial charge in [0, 0.05) is 0 Å². The van der Waals surface area contributed by atoms with Crippen LogP contribution in [0.25, 0.3) is 0 Å². The van der Waals surface area contributed by atoms with Crippen molar-refractivity contribution in [2.24, 2.45) is 5.92 Å². The van der Waals surface area contributed by atoms with E-state index in [9.17, 15) is 0 Å². The van der Waals surface area contributed by atoms with E-state index in [0.717, 1.165) is 12.0 Å². The monoisotopic (exact) mass is 248 g/mol. The van der Waals surface area contributed by atoms with Crippen LogP contribution in [0.1, 0.15) is 47.0 Å². The summed E-state index contributed by atoms with van der Waals surface area (Å²) in [5, 5.41) is 8.66. The van der Waals surface area contributed by atoms with E-state index in [2.05, 4.69) is 44.2 Å². The molecule has 0 aromatic carbocycles. The average molecular weight is 248 g/mol. The molecule has 2 aliphatic rings. The minimum absolute atomic E-state index is 0.184. The first-order chi connectivity index (χ1) is 8.72. The summed E-state index contributed by atoms with van der Waals surface area (Å²) >= 11 is 0. The highest BCUT2D eigenvalue weighted by atomic mass is 16.3. The number of aliphatic hydroxyl groups is 1. The van der Waals surface area contributed by atoms with Crippen molar-refractivity contribution in [1.82, 2.24) is 0 Å². The molecule has 0 aromatic heterocycles. The number of rotatable bonds is 1. The molecule has 2 rings (SSSR count). The normalized spacial score (nSPS) is 20.8. The van der Waals surface area contributed by atoms with Crippen molar-refractivity contribution in [2.75, 3.05) is 6.61 Å². The summed E-state index contributed by atoms with van der Waals surface area (Å²) in [6.07, 6.45) is 16.4. The van der Waals surface area contributed by atoms with E-state index in [1.54, 1.807) is 0 Å². The summed E-state index contributed by atoms with van der Waals surface area (Å²) < 4.78 is 0. The van der Waals surface area contributed by atoms with Gasteiger partial charge < -0.3 is 5.11 Å². The topological polar surface area (TPSA) is 20.2 Å². The third-order valence-corrected chi connectivity index (χ3v) is 2.75. The van der Waals surface area contributed by atoms with Crippen LogP contribution < -0.4 is 0 Å². The largest absolute Gasteiger partial charge is 0.392 e. The van der Waals surface area contributed by atoms with E-state index in [4.69, 9.17) is 5.11 Å². The van der Waals surface area contributed by atoms with E-state index < -0.39 is 0 Å². The Hall–Kier alpha value is -1.08. The fourth-order valence-electron chi connectivity index (χ4n) is 1.63. The third-order valence-electron chi connectivity index (χ3n) is 2.75. The fraction of sp³-hybridized carbons (Fsp3) is 0.529. The predicted molar refractivity (Wildman–Crippen MR) is 81.6 cm³/mol. The Labute approximate surface area is 113 Å². The maximum absolute atomic E-state index is 8.66. The predicted octanol–water partition coefficient (Wildman–Crippen LogP) is 4.81. The molecule has 0 radical (unpaired) electrons. The zero-order chi connectivity index (χ0) is 13.8. The Balaban J connectivity index is 0.000000289. The quantitative estimate of drug-likeness (QED) is 0.706. The minimum Gasteiger partial charge on any atom is -0.392 e. The van der Waals surface area contributed by atoms with E-state index >= 15 is 0 Å².